The summed E-state index contributed by atoms with van der Waals surface area (Å²) in [4.78, 5) is 3.11. The van der Waals surface area contributed by atoms with Crippen LogP contribution in [0, 0.1) is 5.41 Å². The molecule has 3 nitrogen and oxygen atoms in total. The summed E-state index contributed by atoms with van der Waals surface area (Å²) < 4.78 is 5.26. The molecule has 1 aromatic rings. The summed E-state index contributed by atoms with van der Waals surface area (Å²) in [6.07, 6.45) is 2.10. The molecule has 1 saturated heterocycles. The van der Waals surface area contributed by atoms with E-state index in [9.17, 15) is 0 Å². The average molecular weight is 278 g/mol. The lowest BCUT2D eigenvalue weighted by molar-refractivity contribution is 0.158. The van der Waals surface area contributed by atoms with Crippen molar-refractivity contribution < 1.29 is 4.74 Å². The Balaban J connectivity index is 1.93. The standard InChI is InChI=1S/C15H22N2OS/c1-15(14(16)19)6-8-17(9-7-15)11-12-4-3-5-13(10-12)18-2/h3-5,10H,6-9,11H2,1-2H3,(H2,16,19). The van der Waals surface area contributed by atoms with Crippen molar-refractivity contribution in [2.24, 2.45) is 11.1 Å². The molecule has 104 valence electrons. The van der Waals surface area contributed by atoms with Gasteiger partial charge in [0.15, 0.2) is 0 Å². The van der Waals surface area contributed by atoms with Crippen LogP contribution >= 0.6 is 12.2 Å². The predicted octanol–water partition coefficient (Wildman–Crippen LogP) is 2.58. The highest BCUT2D eigenvalue weighted by Gasteiger charge is 2.32. The molecule has 19 heavy (non-hydrogen) atoms. The molecule has 0 aliphatic carbocycles. The molecule has 4 heteroatoms. The Labute approximate surface area is 120 Å². The number of hydrogen-bond acceptors (Lipinski definition) is 3. The molecule has 0 unspecified atom stereocenters. The predicted molar refractivity (Wildman–Crippen MR) is 82.4 cm³/mol. The highest BCUT2D eigenvalue weighted by molar-refractivity contribution is 7.80. The summed E-state index contributed by atoms with van der Waals surface area (Å²) in [5, 5.41) is 0. The molecule has 2 N–H and O–H groups in total. The van der Waals surface area contributed by atoms with Crippen molar-refractivity contribution in [1.29, 1.82) is 0 Å². The van der Waals surface area contributed by atoms with Crippen LogP contribution in [0.2, 0.25) is 0 Å². The number of rotatable bonds is 4. The first-order valence-electron chi connectivity index (χ1n) is 6.69. The van der Waals surface area contributed by atoms with Crippen LogP contribution in [0.1, 0.15) is 25.3 Å². The van der Waals surface area contributed by atoms with Gasteiger partial charge in [-0.05, 0) is 43.6 Å². The number of nitrogens with zero attached hydrogens (tertiary/aromatic N) is 1. The van der Waals surface area contributed by atoms with Gasteiger partial charge in [0.1, 0.15) is 5.75 Å². The van der Waals surface area contributed by atoms with E-state index in [-0.39, 0.29) is 5.41 Å². The van der Waals surface area contributed by atoms with Crippen molar-refractivity contribution in [3.8, 4) is 5.75 Å². The fraction of sp³-hybridized carbons (Fsp3) is 0.533. The van der Waals surface area contributed by atoms with E-state index in [0.717, 1.165) is 38.2 Å². The molecule has 1 heterocycles. The van der Waals surface area contributed by atoms with Gasteiger partial charge in [-0.25, -0.2) is 0 Å². The van der Waals surface area contributed by atoms with Gasteiger partial charge in [-0.1, -0.05) is 31.3 Å². The maximum Gasteiger partial charge on any atom is 0.119 e. The van der Waals surface area contributed by atoms with E-state index in [1.807, 2.05) is 12.1 Å². The van der Waals surface area contributed by atoms with Crippen molar-refractivity contribution in [3.05, 3.63) is 29.8 Å². The van der Waals surface area contributed by atoms with Crippen LogP contribution in [0.15, 0.2) is 24.3 Å². The molecule has 1 aliphatic heterocycles. The van der Waals surface area contributed by atoms with E-state index in [4.69, 9.17) is 22.7 Å². The third-order valence-corrected chi connectivity index (χ3v) is 4.59. The van der Waals surface area contributed by atoms with Crippen LogP contribution in [0.5, 0.6) is 5.75 Å². The Kier molecular flexibility index (Phi) is 4.42. The van der Waals surface area contributed by atoms with E-state index in [2.05, 4.69) is 24.0 Å². The Morgan fingerprint density at radius 2 is 2.11 bits per heavy atom. The van der Waals surface area contributed by atoms with Gasteiger partial charge in [-0.15, -0.1) is 0 Å². The van der Waals surface area contributed by atoms with Gasteiger partial charge in [0.2, 0.25) is 0 Å². The van der Waals surface area contributed by atoms with Gasteiger partial charge >= 0.3 is 0 Å². The summed E-state index contributed by atoms with van der Waals surface area (Å²) in [5.74, 6) is 0.919. The van der Waals surface area contributed by atoms with Crippen molar-refractivity contribution in [2.45, 2.75) is 26.3 Å². The first-order valence-corrected chi connectivity index (χ1v) is 7.09. The van der Waals surface area contributed by atoms with Gasteiger partial charge in [0.05, 0.1) is 12.1 Å². The fourth-order valence-electron chi connectivity index (χ4n) is 2.48. The zero-order valence-corrected chi connectivity index (χ0v) is 12.5. The van der Waals surface area contributed by atoms with E-state index >= 15 is 0 Å². The first kappa shape index (κ1) is 14.3. The topological polar surface area (TPSA) is 38.5 Å². The molecule has 1 aromatic carbocycles. The minimum atomic E-state index is 0.0419. The lowest BCUT2D eigenvalue weighted by Crippen LogP contribution is -2.44. The van der Waals surface area contributed by atoms with Crippen LogP contribution in [-0.4, -0.2) is 30.1 Å². The second kappa shape index (κ2) is 5.88. The second-order valence-electron chi connectivity index (χ2n) is 5.55. The van der Waals surface area contributed by atoms with Crippen LogP contribution in [0.3, 0.4) is 0 Å². The highest BCUT2D eigenvalue weighted by Crippen LogP contribution is 2.31. The molecule has 0 atom stereocenters. The summed E-state index contributed by atoms with van der Waals surface area (Å²) in [5.41, 5.74) is 7.17. The summed E-state index contributed by atoms with van der Waals surface area (Å²) in [6, 6.07) is 8.26. The minimum absolute atomic E-state index is 0.0419. The number of benzene rings is 1. The first-order chi connectivity index (χ1) is 9.03. The third kappa shape index (κ3) is 3.45. The van der Waals surface area contributed by atoms with Crippen molar-refractivity contribution in [2.75, 3.05) is 20.2 Å². The molecule has 0 radical (unpaired) electrons. The maximum atomic E-state index is 5.83. The smallest absolute Gasteiger partial charge is 0.119 e. The van der Waals surface area contributed by atoms with Gasteiger partial charge in [0, 0.05) is 12.0 Å². The normalized spacial score (nSPS) is 19.1. The molecule has 0 spiro atoms. The van der Waals surface area contributed by atoms with E-state index in [1.54, 1.807) is 7.11 Å². The van der Waals surface area contributed by atoms with Crippen molar-refractivity contribution in [1.82, 2.24) is 4.90 Å². The maximum absolute atomic E-state index is 5.83. The number of thiocarbonyl (C=S) groups is 1. The zero-order valence-electron chi connectivity index (χ0n) is 11.7. The Morgan fingerprint density at radius 3 is 2.68 bits per heavy atom. The average Bonchev–Trinajstić information content (AvgIpc) is 2.42. The molecule has 0 bridgehead atoms. The van der Waals surface area contributed by atoms with Gasteiger partial charge < -0.3 is 10.5 Å². The summed E-state index contributed by atoms with van der Waals surface area (Å²) in [7, 11) is 1.70. The second-order valence-corrected chi connectivity index (χ2v) is 5.99. The Hall–Kier alpha value is -1.13. The largest absolute Gasteiger partial charge is 0.497 e. The molecule has 1 aliphatic rings. The number of likely N-dealkylation sites (tertiary alicyclic amines) is 1. The van der Waals surface area contributed by atoms with Crippen molar-refractivity contribution in [3.63, 3.8) is 0 Å². The quantitative estimate of drug-likeness (QED) is 0.859. The van der Waals surface area contributed by atoms with Crippen molar-refractivity contribution >= 4 is 17.2 Å². The van der Waals surface area contributed by atoms with E-state index in [1.165, 1.54) is 5.56 Å². The van der Waals surface area contributed by atoms with E-state index < -0.39 is 0 Å². The van der Waals surface area contributed by atoms with Gasteiger partial charge in [-0.2, -0.15) is 0 Å². The SMILES string of the molecule is COc1cccc(CN2CCC(C)(C(N)=S)CC2)c1. The van der Waals surface area contributed by atoms with E-state index in [0.29, 0.717) is 4.99 Å². The molecule has 1 fully saturated rings. The molecule has 0 aromatic heterocycles. The highest BCUT2D eigenvalue weighted by atomic mass is 32.1. The van der Waals surface area contributed by atoms with Gasteiger partial charge in [-0.3, -0.25) is 4.90 Å². The number of methoxy groups -OCH3 is 1. The molecule has 2 rings (SSSR count). The zero-order chi connectivity index (χ0) is 13.9. The fourth-order valence-corrected chi connectivity index (χ4v) is 2.68. The molecular weight excluding hydrogens is 256 g/mol. The lowest BCUT2D eigenvalue weighted by atomic mass is 9.80. The summed E-state index contributed by atoms with van der Waals surface area (Å²) >= 11 is 5.17. The third-order valence-electron chi connectivity index (χ3n) is 4.09. The minimum Gasteiger partial charge on any atom is -0.497 e. The lowest BCUT2D eigenvalue weighted by Gasteiger charge is -2.38. The van der Waals surface area contributed by atoms with Crippen LogP contribution < -0.4 is 10.5 Å². The number of hydrogen-bond donors (Lipinski definition) is 1. The number of nitrogens with two attached hydrogens (primary N) is 1. The number of piperidine rings is 1. The summed E-state index contributed by atoms with van der Waals surface area (Å²) in [6.45, 7) is 5.24. The van der Waals surface area contributed by atoms with Crippen LogP contribution in [0.4, 0.5) is 0 Å². The number of ether oxygens (including phenoxy) is 1. The Bertz CT molecular complexity index is 453. The van der Waals surface area contributed by atoms with Gasteiger partial charge in [0.25, 0.3) is 0 Å². The Morgan fingerprint density at radius 1 is 1.42 bits per heavy atom. The van der Waals surface area contributed by atoms with Crippen LogP contribution in [-0.2, 0) is 6.54 Å². The molecule has 0 amide bonds. The van der Waals surface area contributed by atoms with Crippen LogP contribution in [0.25, 0.3) is 0 Å². The molecule has 0 saturated carbocycles. The monoisotopic (exact) mass is 278 g/mol. The molecular formula is C15H22N2OS.